The molecule has 2 aliphatic heterocycles. The smallest absolute Gasteiger partial charge is 0.338 e. The van der Waals surface area contributed by atoms with Crippen molar-refractivity contribution in [1.29, 1.82) is 0 Å². The summed E-state index contributed by atoms with van der Waals surface area (Å²) in [4.78, 5) is 46.8. The predicted molar refractivity (Wildman–Crippen MR) is 151 cm³/mol. The summed E-state index contributed by atoms with van der Waals surface area (Å²) in [6.45, 7) is 5.75. The van der Waals surface area contributed by atoms with E-state index in [0.717, 1.165) is 4.88 Å². The highest BCUT2D eigenvalue weighted by Crippen LogP contribution is 2.33. The number of fused-ring (bicyclic) bond motifs is 1. The minimum Gasteiger partial charge on any atom is -0.493 e. The fourth-order valence-corrected chi connectivity index (χ4v) is 6.47. The second kappa shape index (κ2) is 12.2. The molecule has 0 saturated carbocycles. The number of aromatic nitrogens is 1. The van der Waals surface area contributed by atoms with Gasteiger partial charge in [-0.1, -0.05) is 23.5 Å². The number of morpholine rings is 1. The van der Waals surface area contributed by atoms with Crippen LogP contribution in [0.1, 0.15) is 30.3 Å². The monoisotopic (exact) mass is 583 g/mol. The maximum Gasteiger partial charge on any atom is 0.338 e. The highest BCUT2D eigenvalue weighted by atomic mass is 32.1. The van der Waals surface area contributed by atoms with Gasteiger partial charge in [0.1, 0.15) is 6.04 Å². The van der Waals surface area contributed by atoms with Gasteiger partial charge < -0.3 is 23.8 Å². The van der Waals surface area contributed by atoms with Gasteiger partial charge in [0.05, 0.1) is 42.7 Å². The van der Waals surface area contributed by atoms with Crippen LogP contribution in [0.4, 0.5) is 0 Å². The minimum absolute atomic E-state index is 0.112. The number of carbonyl (C=O) groups is 2. The molecule has 1 saturated heterocycles. The molecule has 210 valence electrons. The van der Waals surface area contributed by atoms with Crippen molar-refractivity contribution in [2.75, 3.05) is 46.6 Å². The molecule has 0 bridgehead atoms. The topological polar surface area (TPSA) is 109 Å². The van der Waals surface area contributed by atoms with Crippen molar-refractivity contribution in [3.8, 4) is 11.5 Å². The Kier molecular flexibility index (Phi) is 8.48. The number of esters is 1. The lowest BCUT2D eigenvalue weighted by molar-refractivity contribution is -0.139. The van der Waals surface area contributed by atoms with Gasteiger partial charge >= 0.3 is 5.97 Å². The third-order valence-corrected chi connectivity index (χ3v) is 8.44. The molecule has 0 spiro atoms. The molecule has 2 aliphatic rings. The van der Waals surface area contributed by atoms with Crippen LogP contribution in [0.2, 0.25) is 0 Å². The fraction of sp³-hybridized carbons (Fsp3) is 0.357. The third kappa shape index (κ3) is 5.60. The molecule has 4 heterocycles. The van der Waals surface area contributed by atoms with E-state index in [0.29, 0.717) is 64.0 Å². The summed E-state index contributed by atoms with van der Waals surface area (Å²) in [6, 6.07) is 8.43. The van der Waals surface area contributed by atoms with Crippen molar-refractivity contribution in [3.63, 3.8) is 0 Å². The molecule has 40 heavy (non-hydrogen) atoms. The molecule has 10 nitrogen and oxygen atoms in total. The molecular weight excluding hydrogens is 554 g/mol. The van der Waals surface area contributed by atoms with E-state index < -0.39 is 12.0 Å². The van der Waals surface area contributed by atoms with E-state index in [9.17, 15) is 14.4 Å². The molecule has 0 aliphatic carbocycles. The SMILES string of the molecule is CCOC(=O)C1=C(C)N=c2s/c(=C/c3ccc(OCC(=O)N4CCOCC4)c(OC)c3)c(=O)n2[C@H]1c1cccs1. The van der Waals surface area contributed by atoms with Gasteiger partial charge in [0.25, 0.3) is 11.5 Å². The molecule has 1 fully saturated rings. The first-order valence-electron chi connectivity index (χ1n) is 12.8. The van der Waals surface area contributed by atoms with Gasteiger partial charge in [-0.25, -0.2) is 9.79 Å². The Labute approximate surface area is 238 Å². The van der Waals surface area contributed by atoms with E-state index in [1.54, 1.807) is 47.6 Å². The summed E-state index contributed by atoms with van der Waals surface area (Å²) in [6.07, 6.45) is 1.75. The number of methoxy groups -OCH3 is 1. The number of carbonyl (C=O) groups excluding carboxylic acids is 2. The van der Waals surface area contributed by atoms with Crippen LogP contribution >= 0.6 is 22.7 Å². The van der Waals surface area contributed by atoms with E-state index >= 15 is 0 Å². The average Bonchev–Trinajstić information content (AvgIpc) is 3.60. The second-order valence-corrected chi connectivity index (χ2v) is 11.0. The number of thiophene rings is 1. The summed E-state index contributed by atoms with van der Waals surface area (Å²) >= 11 is 2.72. The van der Waals surface area contributed by atoms with Crippen LogP contribution in [0.25, 0.3) is 6.08 Å². The van der Waals surface area contributed by atoms with Gasteiger partial charge in [-0.05, 0) is 49.1 Å². The standard InChI is InChI=1S/C28H29N3O7S2/c1-4-37-27(34)24-17(2)29-28-31(25(24)21-6-5-13-39-21)26(33)22(40-28)15-18-7-8-19(20(14-18)35-3)38-16-23(32)30-9-11-36-12-10-30/h5-8,13-15,25H,4,9-12,16H2,1-3H3/b22-15+/t25-/m0/s1. The number of thiazole rings is 1. The van der Waals surface area contributed by atoms with Crippen LogP contribution < -0.4 is 24.4 Å². The average molecular weight is 584 g/mol. The molecule has 1 amide bonds. The largest absolute Gasteiger partial charge is 0.493 e. The summed E-state index contributed by atoms with van der Waals surface area (Å²) in [5.41, 5.74) is 1.34. The lowest BCUT2D eigenvalue weighted by Crippen LogP contribution is -2.43. The van der Waals surface area contributed by atoms with Gasteiger partial charge in [0.15, 0.2) is 22.9 Å². The number of ether oxygens (including phenoxy) is 4. The summed E-state index contributed by atoms with van der Waals surface area (Å²) in [5, 5.41) is 1.91. The molecule has 0 N–H and O–H groups in total. The zero-order valence-corrected chi connectivity index (χ0v) is 24.0. The zero-order chi connectivity index (χ0) is 28.2. The fourth-order valence-electron chi connectivity index (χ4n) is 4.60. The molecule has 1 atom stereocenters. The number of amides is 1. The van der Waals surface area contributed by atoms with Gasteiger partial charge in [-0.15, -0.1) is 11.3 Å². The Balaban J connectivity index is 1.46. The summed E-state index contributed by atoms with van der Waals surface area (Å²) in [7, 11) is 1.52. The molecular formula is C28H29N3O7S2. The van der Waals surface area contributed by atoms with Crippen molar-refractivity contribution in [3.05, 3.63) is 77.1 Å². The number of allylic oxidation sites excluding steroid dienone is 1. The van der Waals surface area contributed by atoms with Crippen LogP contribution in [0.5, 0.6) is 11.5 Å². The highest BCUT2D eigenvalue weighted by molar-refractivity contribution is 7.10. The van der Waals surface area contributed by atoms with Gasteiger partial charge in [-0.3, -0.25) is 14.2 Å². The van der Waals surface area contributed by atoms with Crippen molar-refractivity contribution >= 4 is 40.6 Å². The highest BCUT2D eigenvalue weighted by Gasteiger charge is 2.33. The quantitative estimate of drug-likeness (QED) is 0.374. The maximum absolute atomic E-state index is 13.7. The lowest BCUT2D eigenvalue weighted by atomic mass is 10.0. The number of rotatable bonds is 8. The van der Waals surface area contributed by atoms with Crippen LogP contribution in [-0.2, 0) is 19.1 Å². The lowest BCUT2D eigenvalue weighted by Gasteiger charge is -2.26. The van der Waals surface area contributed by atoms with Gasteiger partial charge in [0.2, 0.25) is 0 Å². The van der Waals surface area contributed by atoms with Crippen LogP contribution in [0.15, 0.2) is 56.8 Å². The Hall–Kier alpha value is -3.74. The molecule has 0 radical (unpaired) electrons. The third-order valence-electron chi connectivity index (χ3n) is 6.53. The van der Waals surface area contributed by atoms with E-state index in [1.165, 1.54) is 29.8 Å². The Bertz CT molecular complexity index is 1620. The number of hydrogen-bond acceptors (Lipinski definition) is 10. The first-order chi connectivity index (χ1) is 19.4. The summed E-state index contributed by atoms with van der Waals surface area (Å²) < 4.78 is 23.9. The van der Waals surface area contributed by atoms with E-state index in [4.69, 9.17) is 18.9 Å². The molecule has 0 unspecified atom stereocenters. The van der Waals surface area contributed by atoms with Crippen LogP contribution in [-0.4, -0.2) is 68.0 Å². The zero-order valence-electron chi connectivity index (χ0n) is 22.4. The van der Waals surface area contributed by atoms with Gasteiger partial charge in [0, 0.05) is 18.0 Å². The molecule has 5 rings (SSSR count). The summed E-state index contributed by atoms with van der Waals surface area (Å²) in [5.74, 6) is 0.264. The molecule has 1 aromatic carbocycles. The van der Waals surface area contributed by atoms with E-state index in [2.05, 4.69) is 4.99 Å². The van der Waals surface area contributed by atoms with Crippen molar-refractivity contribution in [2.24, 2.45) is 4.99 Å². The molecule has 2 aromatic heterocycles. The van der Waals surface area contributed by atoms with Crippen molar-refractivity contribution < 1.29 is 28.5 Å². The molecule has 3 aromatic rings. The number of benzene rings is 1. The van der Waals surface area contributed by atoms with Gasteiger partial charge in [-0.2, -0.15) is 0 Å². The van der Waals surface area contributed by atoms with Crippen molar-refractivity contribution in [1.82, 2.24) is 9.47 Å². The first-order valence-corrected chi connectivity index (χ1v) is 14.5. The second-order valence-electron chi connectivity index (χ2n) is 9.01. The van der Waals surface area contributed by atoms with Crippen LogP contribution in [0.3, 0.4) is 0 Å². The van der Waals surface area contributed by atoms with Crippen molar-refractivity contribution in [2.45, 2.75) is 19.9 Å². The maximum atomic E-state index is 13.7. The number of nitrogens with zero attached hydrogens (tertiary/aromatic N) is 3. The molecule has 12 heteroatoms. The van der Waals surface area contributed by atoms with E-state index in [1.807, 2.05) is 17.5 Å². The first kappa shape index (κ1) is 27.8. The Morgan fingerprint density at radius 3 is 2.70 bits per heavy atom. The Morgan fingerprint density at radius 1 is 1.20 bits per heavy atom. The normalized spacial score (nSPS) is 17.3. The Morgan fingerprint density at radius 2 is 2.00 bits per heavy atom. The minimum atomic E-state index is -0.619. The van der Waals surface area contributed by atoms with Crippen LogP contribution in [0, 0.1) is 0 Å². The van der Waals surface area contributed by atoms with E-state index in [-0.39, 0.29) is 24.7 Å². The number of hydrogen-bond donors (Lipinski definition) is 0. The predicted octanol–water partition coefficient (Wildman–Crippen LogP) is 2.11.